The van der Waals surface area contributed by atoms with Crippen molar-refractivity contribution >= 4 is 31.5 Å². The van der Waals surface area contributed by atoms with Crippen LogP contribution < -0.4 is 20.1 Å². The quantitative estimate of drug-likeness (QED) is 0.438. The third-order valence-electron chi connectivity index (χ3n) is 4.45. The summed E-state index contributed by atoms with van der Waals surface area (Å²) < 4.78 is 14.4. The Morgan fingerprint density at radius 3 is 2.04 bits per heavy atom. The van der Waals surface area contributed by atoms with Crippen LogP contribution in [0.15, 0.2) is 36.4 Å². The lowest BCUT2D eigenvalue weighted by molar-refractivity contribution is 0.309. The van der Waals surface area contributed by atoms with Crippen LogP contribution >= 0.6 is 11.3 Å². The van der Waals surface area contributed by atoms with Gasteiger partial charge in [-0.2, -0.15) is 0 Å². The van der Waals surface area contributed by atoms with Crippen LogP contribution in [-0.2, 0) is 0 Å². The maximum atomic E-state index is 5.92. The molecular formula is C22H30N2O2S. The molecule has 0 aliphatic rings. The summed E-state index contributed by atoms with van der Waals surface area (Å²) in [6.07, 6.45) is 2.04. The number of hydrogen-bond donors (Lipinski definition) is 2. The molecule has 0 fully saturated rings. The number of rotatable bonds is 12. The SMILES string of the molecule is CCNCCCOc1ccc2c(c1)sc1ccc(OCCCNCC)cc12. The van der Waals surface area contributed by atoms with E-state index >= 15 is 0 Å². The van der Waals surface area contributed by atoms with Crippen molar-refractivity contribution in [2.45, 2.75) is 26.7 Å². The largest absolute Gasteiger partial charge is 0.494 e. The van der Waals surface area contributed by atoms with E-state index in [0.717, 1.165) is 63.7 Å². The molecule has 0 atom stereocenters. The number of ether oxygens (including phenoxy) is 2. The minimum absolute atomic E-state index is 0.742. The van der Waals surface area contributed by atoms with Crippen LogP contribution in [0.5, 0.6) is 11.5 Å². The maximum Gasteiger partial charge on any atom is 0.120 e. The average Bonchev–Trinajstić information content (AvgIpc) is 3.05. The van der Waals surface area contributed by atoms with Crippen LogP contribution in [0.25, 0.3) is 20.2 Å². The van der Waals surface area contributed by atoms with E-state index in [9.17, 15) is 0 Å². The molecule has 0 spiro atoms. The number of thiophene rings is 1. The Labute approximate surface area is 165 Å². The Morgan fingerprint density at radius 1 is 0.741 bits per heavy atom. The molecule has 27 heavy (non-hydrogen) atoms. The van der Waals surface area contributed by atoms with Gasteiger partial charge in [0.05, 0.1) is 13.2 Å². The van der Waals surface area contributed by atoms with Gasteiger partial charge < -0.3 is 20.1 Å². The second-order valence-electron chi connectivity index (χ2n) is 6.53. The summed E-state index contributed by atoms with van der Waals surface area (Å²) in [5.41, 5.74) is 0. The molecule has 4 nitrogen and oxygen atoms in total. The summed E-state index contributed by atoms with van der Waals surface area (Å²) in [7, 11) is 0. The lowest BCUT2D eigenvalue weighted by atomic mass is 10.1. The molecule has 0 saturated carbocycles. The smallest absolute Gasteiger partial charge is 0.120 e. The predicted molar refractivity (Wildman–Crippen MR) is 117 cm³/mol. The van der Waals surface area contributed by atoms with Crippen LogP contribution in [0.2, 0.25) is 0 Å². The first-order valence-electron chi connectivity index (χ1n) is 9.95. The zero-order chi connectivity index (χ0) is 18.9. The molecule has 0 aliphatic carbocycles. The lowest BCUT2D eigenvalue weighted by Gasteiger charge is -2.07. The van der Waals surface area contributed by atoms with Crippen molar-refractivity contribution in [1.29, 1.82) is 0 Å². The highest BCUT2D eigenvalue weighted by Crippen LogP contribution is 2.37. The molecule has 1 aromatic heterocycles. The monoisotopic (exact) mass is 386 g/mol. The van der Waals surface area contributed by atoms with Crippen molar-refractivity contribution in [3.8, 4) is 11.5 Å². The fourth-order valence-electron chi connectivity index (χ4n) is 3.04. The first-order chi connectivity index (χ1) is 13.3. The second kappa shape index (κ2) is 10.5. The number of fused-ring (bicyclic) bond motifs is 3. The van der Waals surface area contributed by atoms with Gasteiger partial charge in [-0.15, -0.1) is 11.3 Å². The van der Waals surface area contributed by atoms with Gasteiger partial charge >= 0.3 is 0 Å². The van der Waals surface area contributed by atoms with Gasteiger partial charge in [0.1, 0.15) is 11.5 Å². The van der Waals surface area contributed by atoms with Gasteiger partial charge in [-0.3, -0.25) is 0 Å². The van der Waals surface area contributed by atoms with Gasteiger partial charge in [0, 0.05) is 20.2 Å². The highest BCUT2D eigenvalue weighted by Gasteiger charge is 2.08. The van der Waals surface area contributed by atoms with Gasteiger partial charge in [0.25, 0.3) is 0 Å². The van der Waals surface area contributed by atoms with Gasteiger partial charge in [-0.1, -0.05) is 13.8 Å². The highest BCUT2D eigenvalue weighted by molar-refractivity contribution is 7.25. The number of nitrogens with one attached hydrogen (secondary N) is 2. The summed E-state index contributed by atoms with van der Waals surface area (Å²) in [4.78, 5) is 0. The molecule has 0 saturated heterocycles. The molecule has 0 amide bonds. The summed E-state index contributed by atoms with van der Waals surface area (Å²) >= 11 is 1.81. The summed E-state index contributed by atoms with van der Waals surface area (Å²) in [6.45, 7) is 9.74. The molecule has 0 bridgehead atoms. The van der Waals surface area contributed by atoms with Crippen LogP contribution in [0.3, 0.4) is 0 Å². The van der Waals surface area contributed by atoms with Crippen LogP contribution in [0.1, 0.15) is 26.7 Å². The molecule has 3 aromatic rings. The highest BCUT2D eigenvalue weighted by atomic mass is 32.1. The first-order valence-corrected chi connectivity index (χ1v) is 10.8. The van der Waals surface area contributed by atoms with Crippen molar-refractivity contribution in [2.24, 2.45) is 0 Å². The van der Waals surface area contributed by atoms with Crippen LogP contribution in [0, 0.1) is 0 Å². The summed E-state index contributed by atoms with van der Waals surface area (Å²) in [5.74, 6) is 1.90. The van der Waals surface area contributed by atoms with E-state index in [4.69, 9.17) is 9.47 Å². The van der Waals surface area contributed by atoms with Crippen LogP contribution in [0.4, 0.5) is 0 Å². The van der Waals surface area contributed by atoms with Gasteiger partial charge in [0.2, 0.25) is 0 Å². The van der Waals surface area contributed by atoms with Crippen molar-refractivity contribution in [2.75, 3.05) is 39.4 Å². The molecule has 5 heteroatoms. The third kappa shape index (κ3) is 5.58. The van der Waals surface area contributed by atoms with Crippen molar-refractivity contribution in [3.05, 3.63) is 36.4 Å². The van der Waals surface area contributed by atoms with Gasteiger partial charge in [-0.05, 0) is 75.4 Å². The van der Waals surface area contributed by atoms with E-state index in [0.29, 0.717) is 0 Å². The van der Waals surface area contributed by atoms with E-state index in [1.807, 2.05) is 11.3 Å². The maximum absolute atomic E-state index is 5.92. The molecule has 0 radical (unpaired) electrons. The zero-order valence-corrected chi connectivity index (χ0v) is 17.2. The standard InChI is InChI=1S/C22H30N2O2S/c1-3-23-11-5-13-25-17-8-10-21-20(15-17)19-9-7-18(16-22(19)27-21)26-14-6-12-24-4-2/h7-10,15-16,23-24H,3-6,11-14H2,1-2H3. The van der Waals surface area contributed by atoms with E-state index in [-0.39, 0.29) is 0 Å². The second-order valence-corrected chi connectivity index (χ2v) is 7.61. The predicted octanol–water partition coefficient (Wildman–Crippen LogP) is 4.81. The van der Waals surface area contributed by atoms with E-state index in [2.05, 4.69) is 60.9 Å². The molecule has 3 rings (SSSR count). The number of benzene rings is 2. The molecule has 146 valence electrons. The molecule has 0 aliphatic heterocycles. The topological polar surface area (TPSA) is 42.5 Å². The Balaban J connectivity index is 1.65. The van der Waals surface area contributed by atoms with Gasteiger partial charge in [-0.25, -0.2) is 0 Å². The normalized spacial score (nSPS) is 11.3. The first kappa shape index (κ1) is 19.9. The van der Waals surface area contributed by atoms with Gasteiger partial charge in [0.15, 0.2) is 0 Å². The Hall–Kier alpha value is -1.82. The molecule has 1 heterocycles. The Bertz CT molecular complexity index is 847. The zero-order valence-electron chi connectivity index (χ0n) is 16.3. The van der Waals surface area contributed by atoms with Crippen molar-refractivity contribution in [1.82, 2.24) is 10.6 Å². The summed E-state index contributed by atoms with van der Waals surface area (Å²) in [5, 5.41) is 9.17. The average molecular weight is 387 g/mol. The minimum atomic E-state index is 0.742. The Morgan fingerprint density at radius 2 is 1.37 bits per heavy atom. The third-order valence-corrected chi connectivity index (χ3v) is 5.58. The van der Waals surface area contributed by atoms with Crippen molar-refractivity contribution < 1.29 is 9.47 Å². The fourth-order valence-corrected chi connectivity index (χ4v) is 4.16. The fraction of sp³-hybridized carbons (Fsp3) is 0.455. The van der Waals surface area contributed by atoms with E-state index in [1.165, 1.54) is 20.2 Å². The lowest BCUT2D eigenvalue weighted by Crippen LogP contribution is -2.16. The Kier molecular flexibility index (Phi) is 7.75. The molecule has 2 aromatic carbocycles. The van der Waals surface area contributed by atoms with Crippen molar-refractivity contribution in [3.63, 3.8) is 0 Å². The van der Waals surface area contributed by atoms with Crippen LogP contribution in [-0.4, -0.2) is 39.4 Å². The van der Waals surface area contributed by atoms with E-state index < -0.39 is 0 Å². The molecular weight excluding hydrogens is 356 g/mol. The molecule has 2 N–H and O–H groups in total. The number of hydrogen-bond acceptors (Lipinski definition) is 5. The molecule has 0 unspecified atom stereocenters. The van der Waals surface area contributed by atoms with E-state index in [1.54, 1.807) is 0 Å². The summed E-state index contributed by atoms with van der Waals surface area (Å²) in [6, 6.07) is 12.8. The minimum Gasteiger partial charge on any atom is -0.494 e.